The molecule has 1 atom stereocenters. The zero-order valence-corrected chi connectivity index (χ0v) is 15.3. The van der Waals surface area contributed by atoms with Gasteiger partial charge in [0.2, 0.25) is 0 Å². The second-order valence-electron chi connectivity index (χ2n) is 7.20. The standard InChI is InChI=1S/C17H31N3S/c1-11(2)9-13(5)20(6)17-19-16(12(3)4)15(21-17)10-18-14-7-8-14/h11-14,18H,7-10H2,1-6H3. The third kappa shape index (κ3) is 4.68. The van der Waals surface area contributed by atoms with Gasteiger partial charge in [0.05, 0.1) is 5.69 Å². The Morgan fingerprint density at radius 3 is 2.43 bits per heavy atom. The molecule has 3 nitrogen and oxygen atoms in total. The van der Waals surface area contributed by atoms with Gasteiger partial charge in [0.1, 0.15) is 0 Å². The SMILES string of the molecule is CC(C)CC(C)N(C)c1nc(C(C)C)c(CNC2CC2)s1. The molecule has 0 radical (unpaired) electrons. The largest absolute Gasteiger partial charge is 0.348 e. The fraction of sp³-hybridized carbons (Fsp3) is 0.824. The first-order chi connectivity index (χ1) is 9.88. The van der Waals surface area contributed by atoms with E-state index in [0.717, 1.165) is 18.5 Å². The first-order valence-electron chi connectivity index (χ1n) is 8.34. The molecule has 0 amide bonds. The molecule has 1 aromatic heterocycles. The van der Waals surface area contributed by atoms with Crippen molar-refractivity contribution < 1.29 is 0 Å². The van der Waals surface area contributed by atoms with Crippen molar-refractivity contribution in [3.05, 3.63) is 10.6 Å². The smallest absolute Gasteiger partial charge is 0.185 e. The quantitative estimate of drug-likeness (QED) is 0.772. The Bertz CT molecular complexity index is 449. The monoisotopic (exact) mass is 309 g/mol. The Kier molecular flexibility index (Phi) is 5.67. The van der Waals surface area contributed by atoms with E-state index in [2.05, 4.69) is 51.9 Å². The second kappa shape index (κ2) is 7.10. The number of anilines is 1. The second-order valence-corrected chi connectivity index (χ2v) is 8.27. The van der Waals surface area contributed by atoms with Crippen LogP contribution in [0.1, 0.15) is 70.4 Å². The Morgan fingerprint density at radius 2 is 1.90 bits per heavy atom. The van der Waals surface area contributed by atoms with Crippen LogP contribution in [0.4, 0.5) is 5.13 Å². The molecule has 0 aromatic carbocycles. The summed E-state index contributed by atoms with van der Waals surface area (Å²) in [5, 5.41) is 4.81. The number of nitrogens with one attached hydrogen (secondary N) is 1. The summed E-state index contributed by atoms with van der Waals surface area (Å²) in [5.74, 6) is 1.22. The molecule has 1 aliphatic carbocycles. The summed E-state index contributed by atoms with van der Waals surface area (Å²) >= 11 is 1.87. The minimum absolute atomic E-state index is 0.500. The highest BCUT2D eigenvalue weighted by Gasteiger charge is 2.23. The number of hydrogen-bond donors (Lipinski definition) is 1. The van der Waals surface area contributed by atoms with Crippen molar-refractivity contribution >= 4 is 16.5 Å². The van der Waals surface area contributed by atoms with Gasteiger partial charge >= 0.3 is 0 Å². The highest BCUT2D eigenvalue weighted by Crippen LogP contribution is 2.32. The Balaban J connectivity index is 2.09. The third-order valence-electron chi connectivity index (χ3n) is 4.17. The lowest BCUT2D eigenvalue weighted by Crippen LogP contribution is -2.29. The van der Waals surface area contributed by atoms with Gasteiger partial charge in [-0.2, -0.15) is 0 Å². The van der Waals surface area contributed by atoms with Crippen LogP contribution in [0.3, 0.4) is 0 Å². The fourth-order valence-corrected chi connectivity index (χ4v) is 3.86. The van der Waals surface area contributed by atoms with Crippen LogP contribution in [0, 0.1) is 5.92 Å². The van der Waals surface area contributed by atoms with Gasteiger partial charge in [-0.1, -0.05) is 27.7 Å². The molecule has 1 heterocycles. The lowest BCUT2D eigenvalue weighted by molar-refractivity contribution is 0.503. The predicted octanol–water partition coefficient (Wildman–Crippen LogP) is 4.39. The summed E-state index contributed by atoms with van der Waals surface area (Å²) < 4.78 is 0. The first kappa shape index (κ1) is 16.8. The molecule has 0 aliphatic heterocycles. The predicted molar refractivity (Wildman–Crippen MR) is 93.4 cm³/mol. The summed E-state index contributed by atoms with van der Waals surface area (Å²) in [4.78, 5) is 8.73. The molecule has 1 fully saturated rings. The van der Waals surface area contributed by atoms with E-state index >= 15 is 0 Å². The third-order valence-corrected chi connectivity index (χ3v) is 5.33. The average molecular weight is 310 g/mol. The van der Waals surface area contributed by atoms with E-state index in [4.69, 9.17) is 4.98 Å². The molecular weight excluding hydrogens is 278 g/mol. The van der Waals surface area contributed by atoms with Crippen molar-refractivity contribution in [3.63, 3.8) is 0 Å². The average Bonchev–Trinajstić information content (AvgIpc) is 3.12. The van der Waals surface area contributed by atoms with E-state index in [9.17, 15) is 0 Å². The van der Waals surface area contributed by atoms with Gasteiger partial charge < -0.3 is 10.2 Å². The summed E-state index contributed by atoms with van der Waals surface area (Å²) in [7, 11) is 2.19. The van der Waals surface area contributed by atoms with E-state index in [-0.39, 0.29) is 0 Å². The highest BCUT2D eigenvalue weighted by molar-refractivity contribution is 7.15. The van der Waals surface area contributed by atoms with Crippen LogP contribution in [0.2, 0.25) is 0 Å². The van der Waals surface area contributed by atoms with Crippen LogP contribution in [-0.4, -0.2) is 24.1 Å². The molecule has 2 rings (SSSR count). The van der Waals surface area contributed by atoms with Crippen LogP contribution in [0.15, 0.2) is 0 Å². The minimum atomic E-state index is 0.500. The van der Waals surface area contributed by atoms with Gasteiger partial charge in [0.25, 0.3) is 0 Å². The Hall–Kier alpha value is -0.610. The molecule has 0 spiro atoms. The van der Waals surface area contributed by atoms with E-state index < -0.39 is 0 Å². The molecule has 1 saturated carbocycles. The van der Waals surface area contributed by atoms with Crippen molar-refractivity contribution in [2.24, 2.45) is 5.92 Å². The minimum Gasteiger partial charge on any atom is -0.348 e. The molecule has 21 heavy (non-hydrogen) atoms. The molecule has 1 aliphatic rings. The van der Waals surface area contributed by atoms with Gasteiger partial charge in [0, 0.05) is 30.6 Å². The van der Waals surface area contributed by atoms with Crippen molar-refractivity contribution in [3.8, 4) is 0 Å². The van der Waals surface area contributed by atoms with Gasteiger partial charge in [-0.05, 0) is 38.0 Å². The topological polar surface area (TPSA) is 28.2 Å². The van der Waals surface area contributed by atoms with Crippen molar-refractivity contribution in [2.75, 3.05) is 11.9 Å². The molecule has 4 heteroatoms. The number of thiazole rings is 1. The summed E-state index contributed by atoms with van der Waals surface area (Å²) in [5.41, 5.74) is 1.28. The van der Waals surface area contributed by atoms with Crippen LogP contribution in [-0.2, 0) is 6.54 Å². The number of rotatable bonds is 8. The molecule has 120 valence electrons. The lowest BCUT2D eigenvalue weighted by Gasteiger charge is -2.25. The van der Waals surface area contributed by atoms with Crippen LogP contribution in [0.5, 0.6) is 0 Å². The van der Waals surface area contributed by atoms with E-state index in [1.54, 1.807) is 0 Å². The van der Waals surface area contributed by atoms with Crippen LogP contribution < -0.4 is 10.2 Å². The van der Waals surface area contributed by atoms with Gasteiger partial charge in [0.15, 0.2) is 5.13 Å². The van der Waals surface area contributed by atoms with E-state index in [1.165, 1.54) is 35.0 Å². The number of aromatic nitrogens is 1. The fourth-order valence-electron chi connectivity index (χ4n) is 2.63. The maximum absolute atomic E-state index is 4.94. The molecule has 0 bridgehead atoms. The Morgan fingerprint density at radius 1 is 1.24 bits per heavy atom. The first-order valence-corrected chi connectivity index (χ1v) is 9.16. The zero-order valence-electron chi connectivity index (χ0n) is 14.4. The Labute approximate surface area is 134 Å². The molecular formula is C17H31N3S. The summed E-state index contributed by atoms with van der Waals surface area (Å²) in [6, 6.07) is 1.30. The van der Waals surface area contributed by atoms with Crippen molar-refractivity contribution in [2.45, 2.75) is 78.4 Å². The lowest BCUT2D eigenvalue weighted by atomic mass is 10.0. The molecule has 1 aromatic rings. The van der Waals surface area contributed by atoms with Gasteiger partial charge in [-0.25, -0.2) is 4.98 Å². The van der Waals surface area contributed by atoms with Crippen molar-refractivity contribution in [1.29, 1.82) is 0 Å². The van der Waals surface area contributed by atoms with E-state index in [0.29, 0.717) is 12.0 Å². The maximum Gasteiger partial charge on any atom is 0.185 e. The zero-order chi connectivity index (χ0) is 15.6. The van der Waals surface area contributed by atoms with E-state index in [1.807, 2.05) is 11.3 Å². The molecule has 0 saturated heterocycles. The summed E-state index contributed by atoms with van der Waals surface area (Å²) in [6.45, 7) is 12.4. The number of nitrogens with zero attached hydrogens (tertiary/aromatic N) is 2. The van der Waals surface area contributed by atoms with Crippen molar-refractivity contribution in [1.82, 2.24) is 10.3 Å². The maximum atomic E-state index is 4.94. The van der Waals surface area contributed by atoms with Gasteiger partial charge in [-0.3, -0.25) is 0 Å². The van der Waals surface area contributed by atoms with Crippen LogP contribution >= 0.6 is 11.3 Å². The molecule has 1 N–H and O–H groups in total. The molecule has 1 unspecified atom stereocenters. The van der Waals surface area contributed by atoms with Gasteiger partial charge in [-0.15, -0.1) is 11.3 Å². The normalized spacial score (nSPS) is 16.8. The summed E-state index contributed by atoms with van der Waals surface area (Å²) in [6.07, 6.45) is 3.89. The highest BCUT2D eigenvalue weighted by atomic mass is 32.1. The number of hydrogen-bond acceptors (Lipinski definition) is 4. The van der Waals surface area contributed by atoms with Crippen LogP contribution in [0.25, 0.3) is 0 Å².